The quantitative estimate of drug-likeness (QED) is 0.885. The van der Waals surface area contributed by atoms with Gasteiger partial charge in [0.1, 0.15) is 5.75 Å². The molecular formula is C16H21Cl2NO2. The van der Waals surface area contributed by atoms with Crippen LogP contribution in [0.5, 0.6) is 5.75 Å². The third kappa shape index (κ3) is 4.52. The summed E-state index contributed by atoms with van der Waals surface area (Å²) in [5.74, 6) is 0.897. The average Bonchev–Trinajstić information content (AvgIpc) is 2.44. The first-order chi connectivity index (χ1) is 9.97. The third-order valence-corrected chi connectivity index (χ3v) is 4.54. The molecule has 0 aromatic heterocycles. The highest BCUT2D eigenvalue weighted by atomic mass is 35.5. The number of carbonyl (C=O) groups is 1. The van der Waals surface area contributed by atoms with E-state index in [1.54, 1.807) is 25.1 Å². The van der Waals surface area contributed by atoms with Gasteiger partial charge in [0.15, 0.2) is 6.10 Å². The van der Waals surface area contributed by atoms with Gasteiger partial charge in [-0.05, 0) is 43.9 Å². The summed E-state index contributed by atoms with van der Waals surface area (Å²) in [5, 5.41) is 4.04. The first kappa shape index (κ1) is 16.4. The summed E-state index contributed by atoms with van der Waals surface area (Å²) in [4.78, 5) is 12.2. The molecule has 0 aliphatic heterocycles. The van der Waals surface area contributed by atoms with E-state index >= 15 is 0 Å². The fraction of sp³-hybridized carbons (Fsp3) is 0.562. The fourth-order valence-electron chi connectivity index (χ4n) is 2.65. The number of rotatable bonds is 4. The summed E-state index contributed by atoms with van der Waals surface area (Å²) in [6.07, 6.45) is 4.05. The van der Waals surface area contributed by atoms with Crippen LogP contribution in [0, 0.1) is 5.92 Å². The molecule has 0 saturated heterocycles. The third-order valence-electron chi connectivity index (χ3n) is 4.01. The number of halogens is 2. The van der Waals surface area contributed by atoms with E-state index in [0.717, 1.165) is 6.42 Å². The Hall–Kier alpha value is -0.930. The molecule has 0 bridgehead atoms. The van der Waals surface area contributed by atoms with E-state index in [4.69, 9.17) is 27.9 Å². The maximum absolute atomic E-state index is 12.2. The van der Waals surface area contributed by atoms with Gasteiger partial charge in [-0.2, -0.15) is 0 Å². The van der Waals surface area contributed by atoms with E-state index in [1.165, 1.54) is 19.3 Å². The predicted octanol–water partition coefficient (Wildman–Crippen LogP) is 4.46. The van der Waals surface area contributed by atoms with Gasteiger partial charge in [-0.15, -0.1) is 0 Å². The Morgan fingerprint density at radius 1 is 1.33 bits per heavy atom. The summed E-state index contributed by atoms with van der Waals surface area (Å²) in [5.41, 5.74) is 0. The molecule has 3 atom stereocenters. The zero-order valence-corrected chi connectivity index (χ0v) is 13.9. The Kier molecular flexibility index (Phi) is 5.77. The highest BCUT2D eigenvalue weighted by molar-refractivity contribution is 6.35. The van der Waals surface area contributed by atoms with E-state index in [0.29, 0.717) is 21.7 Å². The highest BCUT2D eigenvalue weighted by Gasteiger charge is 2.25. The van der Waals surface area contributed by atoms with Crippen LogP contribution < -0.4 is 10.1 Å². The van der Waals surface area contributed by atoms with E-state index in [2.05, 4.69) is 12.2 Å². The Balaban J connectivity index is 1.92. The molecule has 5 heteroatoms. The molecule has 116 valence electrons. The Morgan fingerprint density at radius 2 is 2.05 bits per heavy atom. The van der Waals surface area contributed by atoms with Crippen LogP contribution in [0.3, 0.4) is 0 Å². The zero-order chi connectivity index (χ0) is 15.4. The van der Waals surface area contributed by atoms with Crippen molar-refractivity contribution in [2.75, 3.05) is 0 Å². The van der Waals surface area contributed by atoms with Crippen molar-refractivity contribution in [2.45, 2.75) is 51.7 Å². The summed E-state index contributed by atoms with van der Waals surface area (Å²) < 4.78 is 5.64. The number of ether oxygens (including phenoxy) is 1. The lowest BCUT2D eigenvalue weighted by Crippen LogP contribution is -2.46. The molecule has 0 unspecified atom stereocenters. The van der Waals surface area contributed by atoms with Gasteiger partial charge < -0.3 is 10.1 Å². The maximum Gasteiger partial charge on any atom is 0.261 e. The molecule has 3 nitrogen and oxygen atoms in total. The van der Waals surface area contributed by atoms with Crippen LogP contribution in [-0.2, 0) is 4.79 Å². The van der Waals surface area contributed by atoms with Crippen molar-refractivity contribution >= 4 is 29.1 Å². The molecule has 1 aliphatic carbocycles. The Labute approximate surface area is 136 Å². The van der Waals surface area contributed by atoms with Crippen molar-refractivity contribution in [3.05, 3.63) is 28.2 Å². The average molecular weight is 330 g/mol. The molecule has 0 radical (unpaired) electrons. The molecule has 1 saturated carbocycles. The minimum absolute atomic E-state index is 0.0974. The van der Waals surface area contributed by atoms with Gasteiger partial charge >= 0.3 is 0 Å². The predicted molar refractivity (Wildman–Crippen MR) is 86.1 cm³/mol. The van der Waals surface area contributed by atoms with Crippen molar-refractivity contribution in [1.82, 2.24) is 5.32 Å². The standard InChI is InChI=1S/C16H21Cl2NO2/c1-10-5-3-4-6-14(10)19-16(20)11(2)21-15-8-7-12(17)9-13(15)18/h7-11,14H,3-6H2,1-2H3,(H,19,20)/t10-,11+,14+/m0/s1. The molecule has 1 aromatic carbocycles. The van der Waals surface area contributed by atoms with Gasteiger partial charge in [0.25, 0.3) is 5.91 Å². The monoisotopic (exact) mass is 329 g/mol. The lowest BCUT2D eigenvalue weighted by molar-refractivity contribution is -0.128. The number of hydrogen-bond acceptors (Lipinski definition) is 2. The van der Waals surface area contributed by atoms with E-state index in [9.17, 15) is 4.79 Å². The first-order valence-corrected chi connectivity index (χ1v) is 8.15. The van der Waals surface area contributed by atoms with E-state index in [1.807, 2.05) is 0 Å². The molecule has 1 N–H and O–H groups in total. The highest BCUT2D eigenvalue weighted by Crippen LogP contribution is 2.28. The number of nitrogens with one attached hydrogen (secondary N) is 1. The smallest absolute Gasteiger partial charge is 0.261 e. The molecule has 1 amide bonds. The summed E-state index contributed by atoms with van der Waals surface area (Å²) in [6, 6.07) is 5.22. The summed E-state index contributed by atoms with van der Waals surface area (Å²) in [7, 11) is 0. The first-order valence-electron chi connectivity index (χ1n) is 7.39. The van der Waals surface area contributed by atoms with Crippen LogP contribution in [0.2, 0.25) is 10.0 Å². The molecule has 1 fully saturated rings. The van der Waals surface area contributed by atoms with Gasteiger partial charge in [0.05, 0.1) is 5.02 Å². The Morgan fingerprint density at radius 3 is 2.71 bits per heavy atom. The van der Waals surface area contributed by atoms with Gasteiger partial charge in [0, 0.05) is 11.1 Å². The largest absolute Gasteiger partial charge is 0.479 e. The van der Waals surface area contributed by atoms with Crippen molar-refractivity contribution < 1.29 is 9.53 Å². The summed E-state index contributed by atoms with van der Waals surface area (Å²) in [6.45, 7) is 3.92. The zero-order valence-electron chi connectivity index (χ0n) is 12.4. The van der Waals surface area contributed by atoms with Crippen molar-refractivity contribution in [3.63, 3.8) is 0 Å². The van der Waals surface area contributed by atoms with Crippen LogP contribution >= 0.6 is 23.2 Å². The van der Waals surface area contributed by atoms with Crippen molar-refractivity contribution in [3.8, 4) is 5.75 Å². The van der Waals surface area contributed by atoms with Crippen LogP contribution in [0.15, 0.2) is 18.2 Å². The molecule has 21 heavy (non-hydrogen) atoms. The molecule has 1 aliphatic rings. The minimum Gasteiger partial charge on any atom is -0.479 e. The topological polar surface area (TPSA) is 38.3 Å². The molecular weight excluding hydrogens is 309 g/mol. The molecule has 2 rings (SSSR count). The number of carbonyl (C=O) groups excluding carboxylic acids is 1. The lowest BCUT2D eigenvalue weighted by atomic mass is 9.86. The van der Waals surface area contributed by atoms with E-state index < -0.39 is 6.10 Å². The van der Waals surface area contributed by atoms with Crippen LogP contribution in [0.4, 0.5) is 0 Å². The second-order valence-corrected chi connectivity index (χ2v) is 6.56. The van der Waals surface area contributed by atoms with Gasteiger partial charge in [-0.3, -0.25) is 4.79 Å². The number of benzene rings is 1. The van der Waals surface area contributed by atoms with Gasteiger partial charge in [-0.1, -0.05) is 43.0 Å². The van der Waals surface area contributed by atoms with Crippen molar-refractivity contribution in [1.29, 1.82) is 0 Å². The second-order valence-electron chi connectivity index (χ2n) is 5.71. The molecule has 1 aromatic rings. The second kappa shape index (κ2) is 7.37. The maximum atomic E-state index is 12.2. The van der Waals surface area contributed by atoms with Crippen LogP contribution in [0.1, 0.15) is 39.5 Å². The fourth-order valence-corrected chi connectivity index (χ4v) is 3.10. The van der Waals surface area contributed by atoms with E-state index in [-0.39, 0.29) is 11.9 Å². The van der Waals surface area contributed by atoms with Crippen LogP contribution in [0.25, 0.3) is 0 Å². The SMILES string of the molecule is C[C@@H](Oc1ccc(Cl)cc1Cl)C(=O)N[C@@H]1CCCC[C@@H]1C. The summed E-state index contributed by atoms with van der Waals surface area (Å²) >= 11 is 11.9. The molecule has 0 heterocycles. The van der Waals surface area contributed by atoms with Crippen LogP contribution in [-0.4, -0.2) is 18.1 Å². The number of amides is 1. The lowest BCUT2D eigenvalue weighted by Gasteiger charge is -2.30. The van der Waals surface area contributed by atoms with Crippen molar-refractivity contribution in [2.24, 2.45) is 5.92 Å². The minimum atomic E-state index is -0.585. The van der Waals surface area contributed by atoms with Gasteiger partial charge in [-0.25, -0.2) is 0 Å². The molecule has 0 spiro atoms. The normalized spacial score (nSPS) is 23.4. The number of hydrogen-bond donors (Lipinski definition) is 1. The van der Waals surface area contributed by atoms with Gasteiger partial charge in [0.2, 0.25) is 0 Å². The Bertz CT molecular complexity index is 507.